The van der Waals surface area contributed by atoms with Crippen LogP contribution in [0.3, 0.4) is 0 Å². The molecule has 1 aromatic carbocycles. The van der Waals surface area contributed by atoms with Gasteiger partial charge in [-0.15, -0.1) is 0 Å². The van der Waals surface area contributed by atoms with Gasteiger partial charge >= 0.3 is 0 Å². The molecule has 2 aromatic rings. The first-order valence-electron chi connectivity index (χ1n) is 5.39. The highest BCUT2D eigenvalue weighted by Gasteiger charge is 2.18. The maximum Gasteiger partial charge on any atom is 0.110 e. The van der Waals surface area contributed by atoms with E-state index in [4.69, 9.17) is 11.6 Å². The molecule has 0 aliphatic carbocycles. The van der Waals surface area contributed by atoms with Gasteiger partial charge in [0.2, 0.25) is 0 Å². The molecule has 0 spiro atoms. The van der Waals surface area contributed by atoms with E-state index in [0.29, 0.717) is 0 Å². The minimum Gasteiger partial charge on any atom is -0.328 e. The predicted octanol–water partition coefficient (Wildman–Crippen LogP) is 3.27. The normalized spacial score (nSPS) is 20.5. The molecule has 15 heavy (non-hydrogen) atoms. The molecular formula is C12H13ClN2. The number of hydrogen-bond donors (Lipinski definition) is 0. The Bertz CT molecular complexity index is 516. The number of benzene rings is 1. The number of hydrogen-bond acceptors (Lipinski definition) is 1. The van der Waals surface area contributed by atoms with E-state index in [1.54, 1.807) is 0 Å². The third-order valence-electron chi connectivity index (χ3n) is 3.17. The lowest BCUT2D eigenvalue weighted by Gasteiger charge is -2.19. The summed E-state index contributed by atoms with van der Waals surface area (Å²) in [6.45, 7) is 3.38. The molecule has 1 atom stereocenters. The topological polar surface area (TPSA) is 17.8 Å². The SMILES string of the molecule is C[C@@H]1CCn2c(nc3cc(Cl)ccc32)C1. The van der Waals surface area contributed by atoms with Gasteiger partial charge in [0.1, 0.15) is 5.82 Å². The Morgan fingerprint density at radius 3 is 3.20 bits per heavy atom. The molecule has 0 N–H and O–H groups in total. The second kappa shape index (κ2) is 3.24. The van der Waals surface area contributed by atoms with Crippen molar-refractivity contribution in [1.29, 1.82) is 0 Å². The number of aromatic nitrogens is 2. The monoisotopic (exact) mass is 220 g/mol. The van der Waals surface area contributed by atoms with Gasteiger partial charge in [-0.3, -0.25) is 0 Å². The molecule has 0 saturated carbocycles. The zero-order valence-electron chi connectivity index (χ0n) is 8.70. The van der Waals surface area contributed by atoms with Gasteiger partial charge in [0.05, 0.1) is 11.0 Å². The number of imidazole rings is 1. The fraction of sp³-hybridized carbons (Fsp3) is 0.417. The Morgan fingerprint density at radius 2 is 2.33 bits per heavy atom. The van der Waals surface area contributed by atoms with Gasteiger partial charge in [0, 0.05) is 18.0 Å². The van der Waals surface area contributed by atoms with Crippen LogP contribution in [0.15, 0.2) is 18.2 Å². The van der Waals surface area contributed by atoms with Gasteiger partial charge in [-0.1, -0.05) is 18.5 Å². The molecule has 0 unspecified atom stereocenters. The summed E-state index contributed by atoms with van der Waals surface area (Å²) in [5, 5.41) is 0.769. The third kappa shape index (κ3) is 1.44. The lowest BCUT2D eigenvalue weighted by Crippen LogP contribution is -2.17. The second-order valence-corrected chi connectivity index (χ2v) is 4.85. The molecule has 78 valence electrons. The molecule has 1 aliphatic rings. The van der Waals surface area contributed by atoms with Gasteiger partial charge in [0.15, 0.2) is 0 Å². The molecule has 0 fully saturated rings. The second-order valence-electron chi connectivity index (χ2n) is 4.41. The average molecular weight is 221 g/mol. The third-order valence-corrected chi connectivity index (χ3v) is 3.40. The lowest BCUT2D eigenvalue weighted by molar-refractivity contribution is 0.415. The van der Waals surface area contributed by atoms with E-state index in [9.17, 15) is 0 Å². The highest BCUT2D eigenvalue weighted by Crippen LogP contribution is 2.26. The predicted molar refractivity (Wildman–Crippen MR) is 62.2 cm³/mol. The molecule has 3 rings (SSSR count). The van der Waals surface area contributed by atoms with Crippen LogP contribution in [-0.4, -0.2) is 9.55 Å². The van der Waals surface area contributed by atoms with E-state index >= 15 is 0 Å². The maximum absolute atomic E-state index is 5.96. The van der Waals surface area contributed by atoms with E-state index in [-0.39, 0.29) is 0 Å². The zero-order chi connectivity index (χ0) is 10.4. The Hall–Kier alpha value is -1.02. The highest BCUT2D eigenvalue weighted by molar-refractivity contribution is 6.31. The zero-order valence-corrected chi connectivity index (χ0v) is 9.46. The van der Waals surface area contributed by atoms with Crippen molar-refractivity contribution in [1.82, 2.24) is 9.55 Å². The summed E-state index contributed by atoms with van der Waals surface area (Å²) in [5.41, 5.74) is 2.26. The van der Waals surface area contributed by atoms with Crippen LogP contribution in [0.2, 0.25) is 5.02 Å². The molecule has 0 radical (unpaired) electrons. The van der Waals surface area contributed by atoms with Crippen LogP contribution in [0, 0.1) is 5.92 Å². The quantitative estimate of drug-likeness (QED) is 0.666. The minimum atomic E-state index is 0.754. The first kappa shape index (κ1) is 9.22. The van der Waals surface area contributed by atoms with Crippen molar-refractivity contribution in [2.24, 2.45) is 5.92 Å². The van der Waals surface area contributed by atoms with Gasteiger partial charge in [-0.05, 0) is 30.5 Å². The molecule has 2 nitrogen and oxygen atoms in total. The Balaban J connectivity index is 2.23. The van der Waals surface area contributed by atoms with E-state index < -0.39 is 0 Å². The van der Waals surface area contributed by atoms with E-state index in [2.05, 4.69) is 22.5 Å². The smallest absolute Gasteiger partial charge is 0.110 e. The molecule has 0 amide bonds. The number of rotatable bonds is 0. The average Bonchev–Trinajstić information content (AvgIpc) is 2.53. The van der Waals surface area contributed by atoms with Crippen molar-refractivity contribution in [2.75, 3.05) is 0 Å². The van der Waals surface area contributed by atoms with E-state index in [1.807, 2.05) is 12.1 Å². The standard InChI is InChI=1S/C12H13ClN2/c1-8-4-5-15-11-3-2-9(13)7-10(11)14-12(15)6-8/h2-3,7-8H,4-6H2,1H3/t8-/m1/s1. The maximum atomic E-state index is 5.96. The lowest BCUT2D eigenvalue weighted by atomic mass is 10.0. The van der Waals surface area contributed by atoms with Crippen LogP contribution in [0.4, 0.5) is 0 Å². The summed E-state index contributed by atoms with van der Waals surface area (Å²) < 4.78 is 2.33. The largest absolute Gasteiger partial charge is 0.328 e. The fourth-order valence-corrected chi connectivity index (χ4v) is 2.49. The first-order chi connectivity index (χ1) is 7.24. The highest BCUT2D eigenvalue weighted by atomic mass is 35.5. The fourth-order valence-electron chi connectivity index (χ4n) is 2.32. The van der Waals surface area contributed by atoms with Crippen molar-refractivity contribution in [3.8, 4) is 0 Å². The van der Waals surface area contributed by atoms with Crippen molar-refractivity contribution >= 4 is 22.6 Å². The molecule has 1 aromatic heterocycles. The van der Waals surface area contributed by atoms with Gasteiger partial charge in [-0.2, -0.15) is 0 Å². The van der Waals surface area contributed by atoms with Crippen molar-refractivity contribution in [3.63, 3.8) is 0 Å². The number of nitrogens with zero attached hydrogens (tertiary/aromatic N) is 2. The van der Waals surface area contributed by atoms with Crippen molar-refractivity contribution in [3.05, 3.63) is 29.0 Å². The summed E-state index contributed by atoms with van der Waals surface area (Å²) in [6.07, 6.45) is 2.34. The Morgan fingerprint density at radius 1 is 1.47 bits per heavy atom. The summed E-state index contributed by atoms with van der Waals surface area (Å²) in [7, 11) is 0. The van der Waals surface area contributed by atoms with Crippen LogP contribution in [0.25, 0.3) is 11.0 Å². The first-order valence-corrected chi connectivity index (χ1v) is 5.76. The summed E-state index contributed by atoms with van der Waals surface area (Å²) in [4.78, 5) is 4.64. The number of aryl methyl sites for hydroxylation is 1. The van der Waals surface area contributed by atoms with E-state index in [1.165, 1.54) is 17.8 Å². The van der Waals surface area contributed by atoms with E-state index in [0.717, 1.165) is 29.4 Å². The van der Waals surface area contributed by atoms with Crippen molar-refractivity contribution in [2.45, 2.75) is 26.3 Å². The summed E-state index contributed by atoms with van der Waals surface area (Å²) in [6, 6.07) is 5.97. The molecule has 0 saturated heterocycles. The summed E-state index contributed by atoms with van der Waals surface area (Å²) >= 11 is 5.96. The van der Waals surface area contributed by atoms with Gasteiger partial charge in [-0.25, -0.2) is 4.98 Å². The molecular weight excluding hydrogens is 208 g/mol. The molecule has 1 aliphatic heterocycles. The van der Waals surface area contributed by atoms with Gasteiger partial charge < -0.3 is 4.57 Å². The van der Waals surface area contributed by atoms with Crippen LogP contribution < -0.4 is 0 Å². The van der Waals surface area contributed by atoms with Crippen LogP contribution >= 0.6 is 11.6 Å². The molecule has 3 heteroatoms. The van der Waals surface area contributed by atoms with Crippen LogP contribution in [0.1, 0.15) is 19.2 Å². The molecule has 2 heterocycles. The van der Waals surface area contributed by atoms with Crippen LogP contribution in [0.5, 0.6) is 0 Å². The number of fused-ring (bicyclic) bond motifs is 3. The Labute approximate surface area is 93.9 Å². The van der Waals surface area contributed by atoms with Crippen molar-refractivity contribution < 1.29 is 0 Å². The Kier molecular flexibility index (Phi) is 1.99. The van der Waals surface area contributed by atoms with Gasteiger partial charge in [0.25, 0.3) is 0 Å². The molecule has 0 bridgehead atoms. The number of halogens is 1. The summed E-state index contributed by atoms with van der Waals surface area (Å²) in [5.74, 6) is 1.97. The van der Waals surface area contributed by atoms with Crippen LogP contribution in [-0.2, 0) is 13.0 Å². The minimum absolute atomic E-state index is 0.754.